The molecule has 1 nitrogen and oxygen atoms in total. The number of rotatable bonds is 3. The van der Waals surface area contributed by atoms with Gasteiger partial charge in [-0.15, -0.1) is 0 Å². The van der Waals surface area contributed by atoms with Gasteiger partial charge in [0.25, 0.3) is 0 Å². The molecular formula is C16H20BrFO. The highest BCUT2D eigenvalue weighted by Crippen LogP contribution is 2.44. The van der Waals surface area contributed by atoms with Crippen molar-refractivity contribution in [3.63, 3.8) is 0 Å². The van der Waals surface area contributed by atoms with Gasteiger partial charge in [-0.05, 0) is 42.9 Å². The van der Waals surface area contributed by atoms with Crippen LogP contribution in [0.15, 0.2) is 18.2 Å². The van der Waals surface area contributed by atoms with Crippen LogP contribution in [-0.2, 0) is 6.42 Å². The molecule has 1 aliphatic carbocycles. The highest BCUT2D eigenvalue weighted by atomic mass is 79.9. The van der Waals surface area contributed by atoms with Gasteiger partial charge < -0.3 is 4.74 Å². The van der Waals surface area contributed by atoms with Crippen LogP contribution in [0.1, 0.15) is 44.1 Å². The maximum atomic E-state index is 13.2. The second kappa shape index (κ2) is 5.43. The summed E-state index contributed by atoms with van der Waals surface area (Å²) in [5.41, 5.74) is 1.43. The zero-order valence-electron chi connectivity index (χ0n) is 11.1. The summed E-state index contributed by atoms with van der Waals surface area (Å²) in [7, 11) is 0. The Morgan fingerprint density at radius 1 is 1.26 bits per heavy atom. The number of ether oxygens (including phenoxy) is 1. The third-order valence-electron chi connectivity index (χ3n) is 4.62. The predicted octanol–water partition coefficient (Wildman–Crippen LogP) is 4.86. The molecule has 0 saturated heterocycles. The van der Waals surface area contributed by atoms with E-state index in [0.29, 0.717) is 5.41 Å². The fourth-order valence-electron chi connectivity index (χ4n) is 3.58. The molecule has 0 amide bonds. The van der Waals surface area contributed by atoms with Gasteiger partial charge in [-0.25, -0.2) is 4.39 Å². The van der Waals surface area contributed by atoms with Crippen LogP contribution in [0.3, 0.4) is 0 Å². The number of hydrogen-bond acceptors (Lipinski definition) is 1. The minimum absolute atomic E-state index is 0.157. The van der Waals surface area contributed by atoms with E-state index in [1.165, 1.54) is 38.2 Å². The summed E-state index contributed by atoms with van der Waals surface area (Å²) in [5, 5.41) is 1.06. The summed E-state index contributed by atoms with van der Waals surface area (Å²) in [6.45, 7) is 0. The third-order valence-corrected chi connectivity index (χ3v) is 5.81. The Balaban J connectivity index is 1.69. The number of halogens is 2. The Bertz CT molecular complexity index is 454. The van der Waals surface area contributed by atoms with E-state index < -0.39 is 0 Å². The largest absolute Gasteiger partial charge is 0.490 e. The molecule has 19 heavy (non-hydrogen) atoms. The van der Waals surface area contributed by atoms with Crippen molar-refractivity contribution in [2.75, 3.05) is 5.33 Å². The topological polar surface area (TPSA) is 9.23 Å². The zero-order chi connectivity index (χ0) is 13.3. The molecule has 0 bridgehead atoms. The lowest BCUT2D eigenvalue weighted by atomic mass is 9.72. The molecule has 0 spiro atoms. The SMILES string of the molecule is Fc1ccc2c(c1)CC(CC1(CBr)CCCCC1)O2. The van der Waals surface area contributed by atoms with Crippen molar-refractivity contribution in [2.24, 2.45) is 5.41 Å². The van der Waals surface area contributed by atoms with Crippen molar-refractivity contribution in [1.29, 1.82) is 0 Å². The van der Waals surface area contributed by atoms with Crippen molar-refractivity contribution < 1.29 is 9.13 Å². The lowest BCUT2D eigenvalue weighted by molar-refractivity contribution is 0.116. The van der Waals surface area contributed by atoms with Gasteiger partial charge in [-0.2, -0.15) is 0 Å². The van der Waals surface area contributed by atoms with Gasteiger partial charge in [0, 0.05) is 17.3 Å². The maximum Gasteiger partial charge on any atom is 0.123 e. The minimum atomic E-state index is -0.157. The van der Waals surface area contributed by atoms with Gasteiger partial charge in [0.1, 0.15) is 17.7 Å². The molecule has 2 aliphatic rings. The molecule has 1 aliphatic heterocycles. The van der Waals surface area contributed by atoms with Gasteiger partial charge in [0.15, 0.2) is 0 Å². The molecule has 1 fully saturated rings. The molecule has 1 heterocycles. The molecule has 1 aromatic carbocycles. The van der Waals surface area contributed by atoms with Crippen LogP contribution >= 0.6 is 15.9 Å². The highest BCUT2D eigenvalue weighted by molar-refractivity contribution is 9.09. The van der Waals surface area contributed by atoms with Crippen LogP contribution in [0.5, 0.6) is 5.75 Å². The van der Waals surface area contributed by atoms with Crippen LogP contribution < -0.4 is 4.74 Å². The van der Waals surface area contributed by atoms with Crippen molar-refractivity contribution in [3.05, 3.63) is 29.6 Å². The average molecular weight is 327 g/mol. The van der Waals surface area contributed by atoms with Crippen molar-refractivity contribution in [1.82, 2.24) is 0 Å². The fraction of sp³-hybridized carbons (Fsp3) is 0.625. The number of alkyl halides is 1. The van der Waals surface area contributed by atoms with E-state index in [-0.39, 0.29) is 11.9 Å². The normalized spacial score (nSPS) is 24.8. The van der Waals surface area contributed by atoms with E-state index in [1.54, 1.807) is 12.1 Å². The summed E-state index contributed by atoms with van der Waals surface area (Å²) in [6, 6.07) is 4.88. The van der Waals surface area contributed by atoms with Gasteiger partial charge in [-0.3, -0.25) is 0 Å². The van der Waals surface area contributed by atoms with E-state index in [9.17, 15) is 4.39 Å². The minimum Gasteiger partial charge on any atom is -0.490 e. The lowest BCUT2D eigenvalue weighted by Crippen LogP contribution is -2.32. The summed E-state index contributed by atoms with van der Waals surface area (Å²) in [4.78, 5) is 0. The standard InChI is InChI=1S/C16H20BrFO/c17-11-16(6-2-1-3-7-16)10-14-9-12-8-13(18)4-5-15(12)19-14/h4-5,8,14H,1-3,6-7,9-11H2. The monoisotopic (exact) mass is 326 g/mol. The maximum absolute atomic E-state index is 13.2. The van der Waals surface area contributed by atoms with Gasteiger partial charge in [0.2, 0.25) is 0 Å². The first kappa shape index (κ1) is 13.4. The Morgan fingerprint density at radius 3 is 2.79 bits per heavy atom. The van der Waals surface area contributed by atoms with E-state index >= 15 is 0 Å². The lowest BCUT2D eigenvalue weighted by Gasteiger charge is -2.37. The highest BCUT2D eigenvalue weighted by Gasteiger charge is 2.36. The number of hydrogen-bond donors (Lipinski definition) is 0. The molecule has 1 atom stereocenters. The van der Waals surface area contributed by atoms with Crippen molar-refractivity contribution in [2.45, 2.75) is 51.0 Å². The molecule has 3 heteroatoms. The summed E-state index contributed by atoms with van der Waals surface area (Å²) in [5.74, 6) is 0.725. The Labute approximate surface area is 122 Å². The Morgan fingerprint density at radius 2 is 2.05 bits per heavy atom. The molecule has 0 N–H and O–H groups in total. The smallest absolute Gasteiger partial charge is 0.123 e. The molecule has 1 aromatic rings. The van der Waals surface area contributed by atoms with Crippen molar-refractivity contribution in [3.8, 4) is 5.75 Å². The summed E-state index contributed by atoms with van der Waals surface area (Å²) in [6.07, 6.45) is 8.81. The molecule has 1 unspecified atom stereocenters. The Kier molecular flexibility index (Phi) is 3.84. The van der Waals surface area contributed by atoms with Crippen LogP contribution in [-0.4, -0.2) is 11.4 Å². The van der Waals surface area contributed by atoms with Crippen LogP contribution in [0.25, 0.3) is 0 Å². The molecule has 104 valence electrons. The summed E-state index contributed by atoms with van der Waals surface area (Å²) < 4.78 is 19.2. The third kappa shape index (κ3) is 2.81. The predicted molar refractivity (Wildman–Crippen MR) is 78.4 cm³/mol. The molecule has 0 aromatic heterocycles. The van der Waals surface area contributed by atoms with E-state index in [4.69, 9.17) is 4.74 Å². The van der Waals surface area contributed by atoms with Crippen LogP contribution in [0, 0.1) is 11.2 Å². The molecule has 1 saturated carbocycles. The van der Waals surface area contributed by atoms with Gasteiger partial charge >= 0.3 is 0 Å². The summed E-state index contributed by atoms with van der Waals surface area (Å²) >= 11 is 3.71. The Hall–Kier alpha value is -0.570. The van der Waals surface area contributed by atoms with E-state index in [1.807, 2.05) is 0 Å². The number of benzene rings is 1. The second-order valence-corrected chi connectivity index (χ2v) is 6.66. The number of fused-ring (bicyclic) bond motifs is 1. The molecular weight excluding hydrogens is 307 g/mol. The van der Waals surface area contributed by atoms with Crippen LogP contribution in [0.4, 0.5) is 4.39 Å². The quantitative estimate of drug-likeness (QED) is 0.720. The fourth-order valence-corrected chi connectivity index (χ4v) is 4.37. The average Bonchev–Trinajstić information content (AvgIpc) is 2.81. The first-order chi connectivity index (χ1) is 9.21. The van der Waals surface area contributed by atoms with Gasteiger partial charge in [0.05, 0.1) is 0 Å². The van der Waals surface area contributed by atoms with Crippen LogP contribution in [0.2, 0.25) is 0 Å². The van der Waals surface area contributed by atoms with Gasteiger partial charge in [-0.1, -0.05) is 35.2 Å². The first-order valence-electron chi connectivity index (χ1n) is 7.22. The molecule has 0 radical (unpaired) electrons. The van der Waals surface area contributed by atoms with E-state index in [0.717, 1.165) is 29.5 Å². The second-order valence-electron chi connectivity index (χ2n) is 6.09. The van der Waals surface area contributed by atoms with Crippen molar-refractivity contribution >= 4 is 15.9 Å². The molecule has 3 rings (SSSR count). The first-order valence-corrected chi connectivity index (χ1v) is 8.34. The zero-order valence-corrected chi connectivity index (χ0v) is 12.7. The van der Waals surface area contributed by atoms with E-state index in [2.05, 4.69) is 15.9 Å².